The Morgan fingerprint density at radius 2 is 1.93 bits per heavy atom. The molecular weight excluding hydrogens is 380 g/mol. The number of benzene rings is 2. The highest BCUT2D eigenvalue weighted by Crippen LogP contribution is 2.31. The highest BCUT2D eigenvalue weighted by atomic mass is 32.2. The van der Waals surface area contributed by atoms with Crippen molar-refractivity contribution in [2.75, 3.05) is 18.1 Å². The number of rotatable bonds is 6. The Labute approximate surface area is 164 Å². The summed E-state index contributed by atoms with van der Waals surface area (Å²) in [5.41, 5.74) is 1.98. The van der Waals surface area contributed by atoms with E-state index in [0.717, 1.165) is 17.7 Å². The minimum absolute atomic E-state index is 0.0165. The number of carbonyl (C=O) groups is 2. The molecule has 2 aromatic rings. The van der Waals surface area contributed by atoms with Crippen molar-refractivity contribution in [2.24, 2.45) is 0 Å². The molecule has 0 saturated heterocycles. The van der Waals surface area contributed by atoms with Gasteiger partial charge in [-0.1, -0.05) is 31.2 Å². The van der Waals surface area contributed by atoms with Gasteiger partial charge in [-0.05, 0) is 43.2 Å². The van der Waals surface area contributed by atoms with E-state index in [2.05, 4.69) is 4.72 Å². The van der Waals surface area contributed by atoms with Gasteiger partial charge < -0.3 is 9.64 Å². The summed E-state index contributed by atoms with van der Waals surface area (Å²) in [5.74, 6) is -1.07. The summed E-state index contributed by atoms with van der Waals surface area (Å²) >= 11 is 0. The molecule has 0 unspecified atom stereocenters. The molecule has 8 heteroatoms. The van der Waals surface area contributed by atoms with Gasteiger partial charge in [0.15, 0.2) is 6.61 Å². The standard InChI is InChI=1S/C20H22N2O5S/c1-3-21-28(25,26)17-9-6-8-16(12-17)20(24)27-13-19(23)22-14(2)11-15-7-4-5-10-18(15)22/h4-10,12,14,21H,3,11,13H2,1-2H3/t14-/m0/s1. The summed E-state index contributed by atoms with van der Waals surface area (Å²) < 4.78 is 31.7. The number of sulfonamides is 1. The molecule has 28 heavy (non-hydrogen) atoms. The van der Waals surface area contributed by atoms with Crippen LogP contribution in [0.25, 0.3) is 0 Å². The first-order valence-corrected chi connectivity index (χ1v) is 10.5. The van der Waals surface area contributed by atoms with Crippen LogP contribution in [0.15, 0.2) is 53.4 Å². The number of fused-ring (bicyclic) bond motifs is 1. The smallest absolute Gasteiger partial charge is 0.338 e. The van der Waals surface area contributed by atoms with Crippen LogP contribution >= 0.6 is 0 Å². The van der Waals surface area contributed by atoms with Crippen molar-refractivity contribution in [3.05, 3.63) is 59.7 Å². The third-order valence-corrected chi connectivity index (χ3v) is 6.06. The van der Waals surface area contributed by atoms with E-state index >= 15 is 0 Å². The molecule has 1 heterocycles. The van der Waals surface area contributed by atoms with Crippen molar-refractivity contribution >= 4 is 27.6 Å². The lowest BCUT2D eigenvalue weighted by Gasteiger charge is -2.22. The number of para-hydroxylation sites is 1. The second-order valence-electron chi connectivity index (χ2n) is 6.55. The zero-order valence-electron chi connectivity index (χ0n) is 15.7. The summed E-state index contributed by atoms with van der Waals surface area (Å²) in [6.07, 6.45) is 0.750. The molecule has 2 aromatic carbocycles. The first-order valence-electron chi connectivity index (χ1n) is 9.00. The number of nitrogens with one attached hydrogen (secondary N) is 1. The van der Waals surface area contributed by atoms with Crippen LogP contribution in [0.2, 0.25) is 0 Å². The highest BCUT2D eigenvalue weighted by Gasteiger charge is 2.31. The number of anilines is 1. The van der Waals surface area contributed by atoms with E-state index in [9.17, 15) is 18.0 Å². The Bertz CT molecular complexity index is 1000. The van der Waals surface area contributed by atoms with Crippen molar-refractivity contribution in [1.82, 2.24) is 4.72 Å². The predicted molar refractivity (Wildman–Crippen MR) is 105 cm³/mol. The molecule has 0 aliphatic carbocycles. The van der Waals surface area contributed by atoms with Gasteiger partial charge in [0.25, 0.3) is 5.91 Å². The second kappa shape index (κ2) is 8.12. The van der Waals surface area contributed by atoms with Crippen LogP contribution in [0.3, 0.4) is 0 Å². The quantitative estimate of drug-likeness (QED) is 0.747. The molecule has 1 amide bonds. The number of amides is 1. The van der Waals surface area contributed by atoms with Crippen molar-refractivity contribution in [2.45, 2.75) is 31.2 Å². The van der Waals surface area contributed by atoms with Gasteiger partial charge in [-0.2, -0.15) is 0 Å². The third kappa shape index (κ3) is 4.07. The number of nitrogens with zero attached hydrogens (tertiary/aromatic N) is 1. The summed E-state index contributed by atoms with van der Waals surface area (Å²) in [7, 11) is -3.68. The molecule has 0 radical (unpaired) electrons. The largest absolute Gasteiger partial charge is 0.452 e. The molecule has 0 spiro atoms. The molecular formula is C20H22N2O5S. The van der Waals surface area contributed by atoms with Crippen LogP contribution < -0.4 is 9.62 Å². The number of carbonyl (C=O) groups excluding carboxylic acids is 2. The fraction of sp³-hybridized carbons (Fsp3) is 0.300. The van der Waals surface area contributed by atoms with Gasteiger partial charge in [0.05, 0.1) is 10.5 Å². The van der Waals surface area contributed by atoms with Crippen LogP contribution in [0.4, 0.5) is 5.69 Å². The Kier molecular flexibility index (Phi) is 5.81. The van der Waals surface area contributed by atoms with E-state index in [1.165, 1.54) is 24.3 Å². The maximum absolute atomic E-state index is 12.6. The number of esters is 1. The van der Waals surface area contributed by atoms with E-state index in [1.54, 1.807) is 11.8 Å². The Balaban J connectivity index is 1.69. The van der Waals surface area contributed by atoms with Crippen molar-refractivity contribution in [1.29, 1.82) is 0 Å². The SMILES string of the molecule is CCNS(=O)(=O)c1cccc(C(=O)OCC(=O)N2c3ccccc3C[C@@H]2C)c1. The monoisotopic (exact) mass is 402 g/mol. The van der Waals surface area contributed by atoms with Crippen LogP contribution in [-0.2, 0) is 26.0 Å². The van der Waals surface area contributed by atoms with Crippen molar-refractivity contribution in [3.8, 4) is 0 Å². The lowest BCUT2D eigenvalue weighted by atomic mass is 10.1. The van der Waals surface area contributed by atoms with Crippen LogP contribution in [-0.4, -0.2) is 39.5 Å². The topological polar surface area (TPSA) is 92.8 Å². The molecule has 0 fully saturated rings. The van der Waals surface area contributed by atoms with Crippen molar-refractivity contribution < 1.29 is 22.7 Å². The lowest BCUT2D eigenvalue weighted by molar-refractivity contribution is -0.122. The zero-order valence-corrected chi connectivity index (χ0v) is 16.5. The van der Waals surface area contributed by atoms with Crippen LogP contribution in [0.5, 0.6) is 0 Å². The third-order valence-electron chi connectivity index (χ3n) is 4.52. The molecule has 1 aliphatic heterocycles. The predicted octanol–water partition coefficient (Wildman–Crippen LogP) is 2.12. The Morgan fingerprint density at radius 3 is 2.68 bits per heavy atom. The van der Waals surface area contributed by atoms with Gasteiger partial charge in [0.1, 0.15) is 0 Å². The Hall–Kier alpha value is -2.71. The van der Waals surface area contributed by atoms with Gasteiger partial charge in [0, 0.05) is 18.3 Å². The van der Waals surface area contributed by atoms with Gasteiger partial charge in [-0.25, -0.2) is 17.9 Å². The number of hydrogen-bond donors (Lipinski definition) is 1. The van der Waals surface area contributed by atoms with Crippen molar-refractivity contribution in [3.63, 3.8) is 0 Å². The molecule has 0 bridgehead atoms. The number of hydrogen-bond acceptors (Lipinski definition) is 5. The average Bonchev–Trinajstić information content (AvgIpc) is 3.01. The first kappa shape index (κ1) is 20.0. The molecule has 0 aromatic heterocycles. The fourth-order valence-electron chi connectivity index (χ4n) is 3.29. The summed E-state index contributed by atoms with van der Waals surface area (Å²) in [5, 5.41) is 0. The maximum atomic E-state index is 12.6. The van der Waals surface area contributed by atoms with Gasteiger partial charge in [0.2, 0.25) is 10.0 Å². The van der Waals surface area contributed by atoms with E-state index in [4.69, 9.17) is 4.74 Å². The Morgan fingerprint density at radius 1 is 1.18 bits per heavy atom. The average molecular weight is 402 g/mol. The van der Waals surface area contributed by atoms with E-state index in [0.29, 0.717) is 0 Å². The maximum Gasteiger partial charge on any atom is 0.338 e. The molecule has 3 rings (SSSR count). The normalized spacial score (nSPS) is 15.9. The molecule has 1 N–H and O–H groups in total. The van der Waals surface area contributed by atoms with Crippen LogP contribution in [0.1, 0.15) is 29.8 Å². The van der Waals surface area contributed by atoms with Crippen LogP contribution in [0, 0.1) is 0 Å². The highest BCUT2D eigenvalue weighted by molar-refractivity contribution is 7.89. The molecule has 7 nitrogen and oxygen atoms in total. The van der Waals surface area contributed by atoms with Gasteiger partial charge in [-0.3, -0.25) is 4.79 Å². The minimum Gasteiger partial charge on any atom is -0.452 e. The molecule has 1 aliphatic rings. The second-order valence-corrected chi connectivity index (χ2v) is 8.32. The molecule has 1 atom stereocenters. The van der Waals surface area contributed by atoms with Gasteiger partial charge >= 0.3 is 5.97 Å². The summed E-state index contributed by atoms with van der Waals surface area (Å²) in [4.78, 5) is 26.5. The fourth-order valence-corrected chi connectivity index (χ4v) is 4.38. The first-order chi connectivity index (χ1) is 13.3. The summed E-state index contributed by atoms with van der Waals surface area (Å²) in [6, 6.07) is 13.1. The van der Waals surface area contributed by atoms with E-state index < -0.39 is 22.6 Å². The molecule has 0 saturated carbocycles. The summed E-state index contributed by atoms with van der Waals surface area (Å²) in [6.45, 7) is 3.43. The van der Waals surface area contributed by atoms with Gasteiger partial charge in [-0.15, -0.1) is 0 Å². The minimum atomic E-state index is -3.68. The molecule has 148 valence electrons. The van der Waals surface area contributed by atoms with E-state index in [1.807, 2.05) is 31.2 Å². The van der Waals surface area contributed by atoms with E-state index in [-0.39, 0.29) is 29.0 Å². The number of ether oxygens (including phenoxy) is 1. The lowest BCUT2D eigenvalue weighted by Crippen LogP contribution is -2.38. The zero-order chi connectivity index (χ0) is 20.3.